The molecule has 0 aromatic carbocycles. The van der Waals surface area contributed by atoms with Crippen molar-refractivity contribution in [2.75, 3.05) is 6.61 Å². The second-order valence-electron chi connectivity index (χ2n) is 4.74. The first-order valence-corrected chi connectivity index (χ1v) is 6.00. The number of hydrogen-bond donors (Lipinski definition) is 3. The molecule has 4 N–H and O–H groups in total. The number of fused-ring (bicyclic) bond motifs is 1. The minimum Gasteiger partial charge on any atom is -0.505 e. The van der Waals surface area contributed by atoms with Crippen LogP contribution in [0.4, 0.5) is 0 Å². The van der Waals surface area contributed by atoms with Gasteiger partial charge in [-0.2, -0.15) is 0 Å². The number of hydrogen-bond acceptors (Lipinski definition) is 5. The summed E-state index contributed by atoms with van der Waals surface area (Å²) in [6.45, 7) is 0.699. The summed E-state index contributed by atoms with van der Waals surface area (Å²) in [6.07, 6.45) is 2.42. The number of pyridine rings is 1. The van der Waals surface area contributed by atoms with Gasteiger partial charge >= 0.3 is 0 Å². The van der Waals surface area contributed by atoms with Crippen LogP contribution in [-0.2, 0) is 4.74 Å². The van der Waals surface area contributed by atoms with Gasteiger partial charge in [-0.3, -0.25) is 4.79 Å². The Labute approximate surface area is 104 Å². The van der Waals surface area contributed by atoms with Crippen molar-refractivity contribution in [1.29, 1.82) is 0 Å². The molecule has 0 radical (unpaired) electrons. The van der Waals surface area contributed by atoms with E-state index in [1.807, 2.05) is 0 Å². The molecule has 1 aliphatic carbocycles. The summed E-state index contributed by atoms with van der Waals surface area (Å²) in [5, 5.41) is 12.3. The normalized spacial score (nSPS) is 33.6. The van der Waals surface area contributed by atoms with E-state index in [9.17, 15) is 9.90 Å². The molecule has 0 unspecified atom stereocenters. The Kier molecular flexibility index (Phi) is 2.68. The molecule has 1 amide bonds. The van der Waals surface area contributed by atoms with E-state index in [1.54, 1.807) is 6.07 Å². The molecule has 96 valence electrons. The number of nitrogens with zero attached hydrogens (tertiary/aromatic N) is 1. The summed E-state index contributed by atoms with van der Waals surface area (Å²) in [7, 11) is 0. The number of ether oxygens (including phenoxy) is 1. The summed E-state index contributed by atoms with van der Waals surface area (Å²) in [5.41, 5.74) is 6.01. The number of nitrogens with two attached hydrogens (primary N) is 1. The van der Waals surface area contributed by atoms with Crippen molar-refractivity contribution in [3.05, 3.63) is 24.0 Å². The molecule has 1 aromatic heterocycles. The van der Waals surface area contributed by atoms with Crippen LogP contribution in [0.5, 0.6) is 5.75 Å². The molecule has 0 bridgehead atoms. The highest BCUT2D eigenvalue weighted by atomic mass is 16.5. The fraction of sp³-hybridized carbons (Fsp3) is 0.500. The van der Waals surface area contributed by atoms with Crippen molar-refractivity contribution >= 4 is 5.91 Å². The third-order valence-corrected chi connectivity index (χ3v) is 3.75. The van der Waals surface area contributed by atoms with Gasteiger partial charge in [0.15, 0.2) is 5.69 Å². The molecule has 1 saturated carbocycles. The largest absolute Gasteiger partial charge is 0.505 e. The van der Waals surface area contributed by atoms with Crippen LogP contribution in [0.3, 0.4) is 0 Å². The lowest BCUT2D eigenvalue weighted by Crippen LogP contribution is -2.69. The Bertz CT molecular complexity index is 479. The number of carbonyl (C=O) groups excluding carboxylic acids is 1. The zero-order chi connectivity index (χ0) is 12.7. The van der Waals surface area contributed by atoms with E-state index in [0.717, 1.165) is 6.42 Å². The first kappa shape index (κ1) is 11.4. The van der Waals surface area contributed by atoms with Gasteiger partial charge in [-0.25, -0.2) is 4.98 Å². The molecule has 2 aliphatic rings. The molecule has 3 rings (SSSR count). The van der Waals surface area contributed by atoms with E-state index in [1.165, 1.54) is 12.3 Å². The molecule has 1 aromatic rings. The second-order valence-corrected chi connectivity index (χ2v) is 4.74. The van der Waals surface area contributed by atoms with Crippen molar-refractivity contribution in [3.63, 3.8) is 0 Å². The predicted molar refractivity (Wildman–Crippen MR) is 63.0 cm³/mol. The molecular formula is C12H15N3O3. The maximum Gasteiger partial charge on any atom is 0.274 e. The molecule has 2 heterocycles. The first-order chi connectivity index (χ1) is 8.68. The van der Waals surface area contributed by atoms with E-state index in [2.05, 4.69) is 10.3 Å². The summed E-state index contributed by atoms with van der Waals surface area (Å²) >= 11 is 0. The van der Waals surface area contributed by atoms with Crippen LogP contribution in [-0.4, -0.2) is 40.8 Å². The fourth-order valence-electron chi connectivity index (χ4n) is 2.72. The summed E-state index contributed by atoms with van der Waals surface area (Å²) < 4.78 is 5.52. The van der Waals surface area contributed by atoms with E-state index in [0.29, 0.717) is 12.5 Å². The summed E-state index contributed by atoms with van der Waals surface area (Å²) in [4.78, 5) is 15.8. The number of rotatable bonds is 2. The van der Waals surface area contributed by atoms with Gasteiger partial charge in [0.2, 0.25) is 0 Å². The van der Waals surface area contributed by atoms with Crippen molar-refractivity contribution in [2.45, 2.75) is 24.6 Å². The molecule has 6 nitrogen and oxygen atoms in total. The highest BCUT2D eigenvalue weighted by Crippen LogP contribution is 2.37. The van der Waals surface area contributed by atoms with Crippen LogP contribution in [0, 0.1) is 5.92 Å². The first-order valence-electron chi connectivity index (χ1n) is 6.00. The molecule has 1 aliphatic heterocycles. The number of carbonyl (C=O) groups is 1. The molecule has 0 spiro atoms. The summed E-state index contributed by atoms with van der Waals surface area (Å²) in [5.74, 6) is -0.207. The number of nitrogens with one attached hydrogen (secondary N) is 1. The second kappa shape index (κ2) is 4.22. The topological polar surface area (TPSA) is 97.5 Å². The zero-order valence-corrected chi connectivity index (χ0v) is 9.74. The van der Waals surface area contributed by atoms with Gasteiger partial charge in [-0.15, -0.1) is 0 Å². The molecular weight excluding hydrogens is 234 g/mol. The van der Waals surface area contributed by atoms with Gasteiger partial charge in [-0.05, 0) is 18.6 Å². The van der Waals surface area contributed by atoms with Gasteiger partial charge in [0.25, 0.3) is 5.91 Å². The smallest absolute Gasteiger partial charge is 0.274 e. The number of aromatic hydroxyl groups is 1. The van der Waals surface area contributed by atoms with Crippen molar-refractivity contribution in [3.8, 4) is 5.75 Å². The van der Waals surface area contributed by atoms with E-state index in [-0.39, 0.29) is 29.6 Å². The van der Waals surface area contributed by atoms with Crippen LogP contribution in [0.15, 0.2) is 18.3 Å². The fourth-order valence-corrected chi connectivity index (χ4v) is 2.72. The minimum atomic E-state index is -0.414. The Morgan fingerprint density at radius 2 is 2.44 bits per heavy atom. The van der Waals surface area contributed by atoms with E-state index < -0.39 is 5.91 Å². The highest BCUT2D eigenvalue weighted by molar-refractivity contribution is 5.95. The van der Waals surface area contributed by atoms with Crippen molar-refractivity contribution in [1.82, 2.24) is 10.3 Å². The SMILES string of the molecule is N[C@H]1[C@H]2CCO[C@H]2[C@@H]1NC(=O)c1ncccc1O. The zero-order valence-electron chi connectivity index (χ0n) is 9.74. The molecule has 2 fully saturated rings. The lowest BCUT2D eigenvalue weighted by atomic mass is 9.72. The van der Waals surface area contributed by atoms with Gasteiger partial charge in [-0.1, -0.05) is 0 Å². The molecule has 4 atom stereocenters. The van der Waals surface area contributed by atoms with Gasteiger partial charge in [0.1, 0.15) is 5.75 Å². The maximum atomic E-state index is 12.0. The average molecular weight is 249 g/mol. The van der Waals surface area contributed by atoms with Gasteiger partial charge < -0.3 is 20.9 Å². The number of aromatic nitrogens is 1. The van der Waals surface area contributed by atoms with Gasteiger partial charge in [0.05, 0.1) is 12.1 Å². The van der Waals surface area contributed by atoms with Gasteiger partial charge in [0, 0.05) is 24.8 Å². The minimum absolute atomic E-state index is 0.00908. The molecule has 18 heavy (non-hydrogen) atoms. The quantitative estimate of drug-likeness (QED) is 0.664. The maximum absolute atomic E-state index is 12.0. The molecule has 6 heteroatoms. The predicted octanol–water partition coefficient (Wildman–Crippen LogP) is -0.368. The van der Waals surface area contributed by atoms with E-state index >= 15 is 0 Å². The lowest BCUT2D eigenvalue weighted by Gasteiger charge is -2.45. The number of amides is 1. The average Bonchev–Trinajstić information content (AvgIpc) is 2.81. The van der Waals surface area contributed by atoms with Crippen LogP contribution in [0.1, 0.15) is 16.9 Å². The van der Waals surface area contributed by atoms with E-state index in [4.69, 9.17) is 10.5 Å². The van der Waals surface area contributed by atoms with Crippen molar-refractivity contribution in [2.24, 2.45) is 11.7 Å². The Morgan fingerprint density at radius 3 is 3.22 bits per heavy atom. The lowest BCUT2D eigenvalue weighted by molar-refractivity contribution is -0.0162. The third-order valence-electron chi connectivity index (χ3n) is 3.75. The monoisotopic (exact) mass is 249 g/mol. The summed E-state index contributed by atoms with van der Waals surface area (Å²) in [6, 6.07) is 2.73. The third kappa shape index (κ3) is 1.65. The van der Waals surface area contributed by atoms with Crippen LogP contribution in [0.2, 0.25) is 0 Å². The van der Waals surface area contributed by atoms with Crippen LogP contribution in [0.25, 0.3) is 0 Å². The standard InChI is InChI=1S/C12H15N3O3/c13-8-6-3-5-18-11(6)10(8)15-12(17)9-7(16)2-1-4-14-9/h1-2,4,6,8,10-11,16H,3,5,13H2,(H,15,17)/t6-,8+,10-,11-/m1/s1. The highest BCUT2D eigenvalue weighted by Gasteiger charge is 2.52. The Hall–Kier alpha value is -1.66. The molecule has 1 saturated heterocycles. The van der Waals surface area contributed by atoms with Crippen LogP contribution < -0.4 is 11.1 Å². The Balaban J connectivity index is 1.70. The van der Waals surface area contributed by atoms with Crippen molar-refractivity contribution < 1.29 is 14.6 Å². The van der Waals surface area contributed by atoms with Crippen LogP contribution >= 0.6 is 0 Å². The Morgan fingerprint density at radius 1 is 1.61 bits per heavy atom.